The van der Waals surface area contributed by atoms with Crippen molar-refractivity contribution >= 4 is 46.2 Å². The minimum absolute atomic E-state index is 0.0865. The van der Waals surface area contributed by atoms with E-state index in [1.54, 1.807) is 24.6 Å². The summed E-state index contributed by atoms with van der Waals surface area (Å²) < 4.78 is 27.9. The molecule has 0 spiro atoms. The van der Waals surface area contributed by atoms with Gasteiger partial charge in [-0.15, -0.1) is 11.3 Å². The number of thiophene rings is 1. The van der Waals surface area contributed by atoms with Crippen LogP contribution in [0.15, 0.2) is 111 Å². The van der Waals surface area contributed by atoms with Gasteiger partial charge in [-0.1, -0.05) is 113 Å². The molecular weight excluding hydrogens is 755 g/mol. The number of ether oxygens (including phenoxy) is 2. The highest BCUT2D eigenvalue weighted by Gasteiger charge is 2.55. The van der Waals surface area contributed by atoms with Crippen LogP contribution < -0.4 is 21.6 Å². The topological polar surface area (TPSA) is 115 Å². The Morgan fingerprint density at radius 1 is 0.930 bits per heavy atom. The van der Waals surface area contributed by atoms with Crippen molar-refractivity contribution in [3.63, 3.8) is 0 Å². The molecule has 4 heterocycles. The van der Waals surface area contributed by atoms with Gasteiger partial charge < -0.3 is 18.3 Å². The number of hydrogen-bond acceptors (Lipinski definition) is 9. The number of aryl methyl sites for hydroxylation is 2. The van der Waals surface area contributed by atoms with E-state index in [1.165, 1.54) is 17.6 Å². The lowest BCUT2D eigenvalue weighted by Gasteiger charge is -2.43. The van der Waals surface area contributed by atoms with Gasteiger partial charge in [-0.25, -0.2) is 14.3 Å². The molecule has 1 saturated heterocycles. The SMILES string of the molecule is CCc1ccccc1[C@H](Cn1c(=O)n(C(C)(C)C(=O)O[Si](c2ccccc2)(c2ccccc2)C(C)(C)C)c(=O)c2c(C)c(-c3ncco3)sc21)OC1CCOCC1. The Morgan fingerprint density at radius 3 is 2.12 bits per heavy atom. The lowest BCUT2D eigenvalue weighted by Crippen LogP contribution is -2.69. The van der Waals surface area contributed by atoms with Gasteiger partial charge in [0.2, 0.25) is 5.89 Å². The summed E-state index contributed by atoms with van der Waals surface area (Å²) in [4.78, 5) is 50.9. The highest BCUT2D eigenvalue weighted by Crippen LogP contribution is 2.40. The van der Waals surface area contributed by atoms with Crippen molar-refractivity contribution < 1.29 is 23.1 Å². The first-order valence-corrected chi connectivity index (χ1v) is 22.4. The number of nitrogens with zero attached hydrogens (tertiary/aromatic N) is 3. The molecule has 12 heteroatoms. The molecule has 0 unspecified atom stereocenters. The molecule has 1 atom stereocenters. The molecule has 298 valence electrons. The minimum atomic E-state index is -3.43. The van der Waals surface area contributed by atoms with Gasteiger partial charge in [0.1, 0.15) is 22.7 Å². The lowest BCUT2D eigenvalue weighted by atomic mass is 9.99. The van der Waals surface area contributed by atoms with E-state index < -0.39 is 42.2 Å². The van der Waals surface area contributed by atoms with Crippen LogP contribution in [-0.4, -0.2) is 47.7 Å². The minimum Gasteiger partial charge on any atom is -0.508 e. The molecule has 1 aliphatic heterocycles. The van der Waals surface area contributed by atoms with E-state index in [4.69, 9.17) is 18.3 Å². The first-order valence-electron chi connectivity index (χ1n) is 19.6. The van der Waals surface area contributed by atoms with Gasteiger partial charge in [0.25, 0.3) is 5.56 Å². The highest BCUT2D eigenvalue weighted by molar-refractivity contribution is 7.22. The fourth-order valence-corrected chi connectivity index (χ4v) is 13.8. The van der Waals surface area contributed by atoms with Crippen molar-refractivity contribution in [2.45, 2.75) is 97.1 Å². The first kappa shape index (κ1) is 40.3. The number of carbonyl (C=O) groups is 1. The van der Waals surface area contributed by atoms with E-state index >= 15 is 9.59 Å². The summed E-state index contributed by atoms with van der Waals surface area (Å²) >= 11 is 1.27. The number of fused-ring (bicyclic) bond motifs is 1. The van der Waals surface area contributed by atoms with Crippen LogP contribution >= 0.6 is 11.3 Å². The quantitative estimate of drug-likeness (QED) is 0.117. The summed E-state index contributed by atoms with van der Waals surface area (Å²) in [5.41, 5.74) is -0.283. The lowest BCUT2D eigenvalue weighted by molar-refractivity contribution is -0.144. The molecule has 0 radical (unpaired) electrons. The molecule has 7 rings (SSSR count). The zero-order valence-electron chi connectivity index (χ0n) is 33.7. The third kappa shape index (κ3) is 7.40. The molecular formula is C45H51N3O7SSi. The number of oxazole rings is 1. The smallest absolute Gasteiger partial charge is 0.333 e. The van der Waals surface area contributed by atoms with Crippen LogP contribution in [0.4, 0.5) is 0 Å². The van der Waals surface area contributed by atoms with Gasteiger partial charge in [-0.05, 0) is 72.1 Å². The number of hydrogen-bond donors (Lipinski definition) is 0. The molecule has 0 bridgehead atoms. The zero-order chi connectivity index (χ0) is 40.5. The van der Waals surface area contributed by atoms with Crippen LogP contribution in [0.3, 0.4) is 0 Å². The van der Waals surface area contributed by atoms with Gasteiger partial charge in [0.15, 0.2) is 0 Å². The van der Waals surface area contributed by atoms with E-state index in [1.807, 2.05) is 85.8 Å². The van der Waals surface area contributed by atoms with Crippen LogP contribution in [0.1, 0.15) is 77.2 Å². The maximum absolute atomic E-state index is 15.3. The largest absolute Gasteiger partial charge is 0.508 e. The standard InChI is InChI=1S/C45H51N3O7SSi/c1-8-31-17-15-16-22-35(31)36(54-32-23-26-52-27-24-32)29-47-41-37(30(2)38(56-41)39-46-25-28-53-39)40(49)48(43(47)51)45(6,7)42(50)55-57(44(3,4)5,33-18-11-9-12-19-33)34-20-13-10-14-21-34/h9-22,25,28,32,36H,8,23-24,26-27,29H2,1-7H3/t36-/m0/s1. The van der Waals surface area contributed by atoms with E-state index in [2.05, 4.69) is 38.7 Å². The van der Waals surface area contributed by atoms with Crippen LogP contribution in [0.25, 0.3) is 21.0 Å². The van der Waals surface area contributed by atoms with Gasteiger partial charge in [-0.2, -0.15) is 0 Å². The van der Waals surface area contributed by atoms with Crippen molar-refractivity contribution in [1.82, 2.24) is 14.1 Å². The third-order valence-corrected chi connectivity index (χ3v) is 17.4. The molecule has 3 aromatic heterocycles. The van der Waals surface area contributed by atoms with E-state index in [-0.39, 0.29) is 12.6 Å². The predicted molar refractivity (Wildman–Crippen MR) is 227 cm³/mol. The van der Waals surface area contributed by atoms with E-state index in [0.717, 1.165) is 45.3 Å². The Morgan fingerprint density at radius 2 is 1.54 bits per heavy atom. The molecule has 1 fully saturated rings. The predicted octanol–water partition coefficient (Wildman–Crippen LogP) is 7.53. The molecule has 1 aliphatic rings. The molecule has 3 aromatic carbocycles. The number of carbonyl (C=O) groups excluding carboxylic acids is 1. The fraction of sp³-hybridized carbons (Fsp3) is 0.378. The summed E-state index contributed by atoms with van der Waals surface area (Å²) in [6, 6.07) is 27.8. The molecule has 0 amide bonds. The molecule has 57 heavy (non-hydrogen) atoms. The Kier molecular flexibility index (Phi) is 11.4. The summed E-state index contributed by atoms with van der Waals surface area (Å²) in [5, 5.41) is 1.58. The zero-order valence-corrected chi connectivity index (χ0v) is 35.6. The second-order valence-corrected chi connectivity index (χ2v) is 21.4. The van der Waals surface area contributed by atoms with Gasteiger partial charge in [0, 0.05) is 13.2 Å². The Hall–Kier alpha value is -4.88. The van der Waals surface area contributed by atoms with Crippen LogP contribution in [0, 0.1) is 6.92 Å². The van der Waals surface area contributed by atoms with Gasteiger partial charge in [-0.3, -0.25) is 14.2 Å². The average Bonchev–Trinajstić information content (AvgIpc) is 3.87. The molecule has 6 aromatic rings. The van der Waals surface area contributed by atoms with Crippen molar-refractivity contribution in [3.8, 4) is 10.8 Å². The normalized spacial score (nSPS) is 14.9. The van der Waals surface area contributed by atoms with Crippen molar-refractivity contribution in [2.24, 2.45) is 0 Å². The van der Waals surface area contributed by atoms with Crippen molar-refractivity contribution in [3.05, 3.63) is 135 Å². The number of benzene rings is 3. The number of aromatic nitrogens is 3. The van der Waals surface area contributed by atoms with Gasteiger partial charge >= 0.3 is 20.0 Å². The van der Waals surface area contributed by atoms with Crippen LogP contribution in [0.2, 0.25) is 5.04 Å². The van der Waals surface area contributed by atoms with Crippen LogP contribution in [-0.2, 0) is 37.2 Å². The van der Waals surface area contributed by atoms with E-state index in [9.17, 15) is 4.79 Å². The molecule has 0 aliphatic carbocycles. The molecule has 0 saturated carbocycles. The van der Waals surface area contributed by atoms with Crippen molar-refractivity contribution in [1.29, 1.82) is 0 Å². The highest BCUT2D eigenvalue weighted by atomic mass is 32.1. The first-order chi connectivity index (χ1) is 27.3. The maximum atomic E-state index is 15.3. The monoisotopic (exact) mass is 805 g/mol. The molecule has 0 N–H and O–H groups in total. The second kappa shape index (κ2) is 16.2. The second-order valence-electron chi connectivity index (χ2n) is 16.2. The Labute approximate surface area is 338 Å². The van der Waals surface area contributed by atoms with Crippen LogP contribution in [0.5, 0.6) is 0 Å². The Bertz CT molecular complexity index is 2420. The summed E-state index contributed by atoms with van der Waals surface area (Å²) in [5.74, 6) is -0.329. The maximum Gasteiger partial charge on any atom is 0.333 e. The van der Waals surface area contributed by atoms with E-state index in [0.29, 0.717) is 39.8 Å². The number of rotatable bonds is 12. The summed E-state index contributed by atoms with van der Waals surface area (Å²) in [6.07, 6.45) is 4.61. The Balaban J connectivity index is 1.43. The average molecular weight is 806 g/mol. The fourth-order valence-electron chi connectivity index (χ4n) is 8.14. The van der Waals surface area contributed by atoms with Gasteiger partial charge in [0.05, 0.1) is 29.1 Å². The van der Waals surface area contributed by atoms with Crippen molar-refractivity contribution in [2.75, 3.05) is 13.2 Å². The summed E-state index contributed by atoms with van der Waals surface area (Å²) in [6.45, 7) is 14.6. The summed E-state index contributed by atoms with van der Waals surface area (Å²) in [7, 11) is -3.43. The molecule has 10 nitrogen and oxygen atoms in total. The third-order valence-electron chi connectivity index (χ3n) is 11.2.